The van der Waals surface area contributed by atoms with Crippen LogP contribution in [-0.4, -0.2) is 11.9 Å². The minimum absolute atomic E-state index is 0.234. The van der Waals surface area contributed by atoms with Gasteiger partial charge < -0.3 is 9.47 Å². The highest BCUT2D eigenvalue weighted by atomic mass is 16.5. The fourth-order valence-electron chi connectivity index (χ4n) is 4.94. The summed E-state index contributed by atoms with van der Waals surface area (Å²) in [5, 5.41) is 8.36. The van der Waals surface area contributed by atoms with E-state index in [1.165, 1.54) is 0 Å². The molecular formula is C34H26O4. The van der Waals surface area contributed by atoms with Crippen LogP contribution in [0.3, 0.4) is 0 Å². The van der Waals surface area contributed by atoms with Crippen LogP contribution < -0.4 is 9.47 Å². The van der Waals surface area contributed by atoms with Crippen molar-refractivity contribution in [3.05, 3.63) is 109 Å². The van der Waals surface area contributed by atoms with Crippen molar-refractivity contribution in [1.82, 2.24) is 0 Å². The fraction of sp³-hybridized carbons (Fsp3) is 0.118. The second-order valence-electron chi connectivity index (χ2n) is 9.51. The van der Waals surface area contributed by atoms with Crippen LogP contribution in [0.4, 0.5) is 0 Å². The molecule has 0 atom stereocenters. The Labute approximate surface area is 220 Å². The minimum atomic E-state index is -0.306. The van der Waals surface area contributed by atoms with E-state index in [1.807, 2.05) is 72.8 Å². The first-order valence-electron chi connectivity index (χ1n) is 12.9. The molecule has 0 N–H and O–H groups in total. The Balaban J connectivity index is 1.05. The zero-order valence-electron chi connectivity index (χ0n) is 20.9. The maximum atomic E-state index is 12.6. The summed E-state index contributed by atoms with van der Waals surface area (Å²) < 4.78 is 11.4. The van der Waals surface area contributed by atoms with Crippen LogP contribution in [0.2, 0.25) is 0 Å². The Bertz CT molecular complexity index is 1680. The number of carbonyl (C=O) groups excluding carboxylic acids is 2. The molecule has 186 valence electrons. The first-order chi connectivity index (χ1) is 18.6. The number of rotatable bonds is 7. The number of unbranched alkanes of at least 4 members (excludes halogenated alkanes) is 1. The molecule has 6 aromatic carbocycles. The molecule has 0 heterocycles. The van der Waals surface area contributed by atoms with Gasteiger partial charge in [0.1, 0.15) is 11.5 Å². The van der Waals surface area contributed by atoms with Crippen molar-refractivity contribution in [1.29, 1.82) is 0 Å². The molecule has 0 saturated heterocycles. The lowest BCUT2D eigenvalue weighted by molar-refractivity contribution is -0.136. The van der Waals surface area contributed by atoms with Crippen LogP contribution in [0.25, 0.3) is 43.1 Å². The summed E-state index contributed by atoms with van der Waals surface area (Å²) in [6.07, 6.45) is 1.55. The fourth-order valence-corrected chi connectivity index (χ4v) is 4.94. The Hall–Kier alpha value is -4.70. The third kappa shape index (κ3) is 4.94. The first kappa shape index (κ1) is 23.7. The van der Waals surface area contributed by atoms with E-state index < -0.39 is 0 Å². The molecule has 0 saturated carbocycles. The summed E-state index contributed by atoms with van der Waals surface area (Å²) in [7, 11) is 0. The predicted octanol–water partition coefficient (Wildman–Crippen LogP) is 8.37. The number of ether oxygens (including phenoxy) is 2. The quantitative estimate of drug-likeness (QED) is 0.0960. The van der Waals surface area contributed by atoms with E-state index >= 15 is 0 Å². The molecule has 0 bridgehead atoms. The molecule has 0 aromatic heterocycles. The SMILES string of the molecule is O=C(CCCCC(=O)Oc1cccc2cc3ccccc3cc12)Oc1cccc2cc3ccccc3cc12. The Morgan fingerprint density at radius 3 is 1.24 bits per heavy atom. The van der Waals surface area contributed by atoms with Gasteiger partial charge in [-0.05, 0) is 81.6 Å². The number of hydrogen-bond donors (Lipinski definition) is 0. The van der Waals surface area contributed by atoms with Gasteiger partial charge in [-0.2, -0.15) is 0 Å². The van der Waals surface area contributed by atoms with E-state index in [-0.39, 0.29) is 24.8 Å². The van der Waals surface area contributed by atoms with Crippen molar-refractivity contribution in [2.75, 3.05) is 0 Å². The van der Waals surface area contributed by atoms with Gasteiger partial charge in [-0.15, -0.1) is 0 Å². The molecule has 6 aromatic rings. The van der Waals surface area contributed by atoms with E-state index in [2.05, 4.69) is 36.4 Å². The second kappa shape index (κ2) is 10.3. The van der Waals surface area contributed by atoms with Crippen LogP contribution in [-0.2, 0) is 9.59 Å². The first-order valence-corrected chi connectivity index (χ1v) is 12.9. The molecule has 0 unspecified atom stereocenters. The average Bonchev–Trinajstić information content (AvgIpc) is 2.94. The maximum absolute atomic E-state index is 12.6. The van der Waals surface area contributed by atoms with Crippen LogP contribution >= 0.6 is 0 Å². The summed E-state index contributed by atoms with van der Waals surface area (Å²) in [6, 6.07) is 36.0. The number of hydrogen-bond acceptors (Lipinski definition) is 4. The topological polar surface area (TPSA) is 52.6 Å². The molecule has 38 heavy (non-hydrogen) atoms. The number of benzene rings is 6. The molecule has 4 nitrogen and oxygen atoms in total. The van der Waals surface area contributed by atoms with Crippen molar-refractivity contribution in [3.63, 3.8) is 0 Å². The van der Waals surface area contributed by atoms with Gasteiger partial charge in [0.25, 0.3) is 0 Å². The summed E-state index contributed by atoms with van der Waals surface area (Å²) >= 11 is 0. The highest BCUT2D eigenvalue weighted by Crippen LogP contribution is 2.31. The van der Waals surface area contributed by atoms with Gasteiger partial charge in [-0.1, -0.05) is 72.8 Å². The Kier molecular flexibility index (Phi) is 6.45. The van der Waals surface area contributed by atoms with E-state index in [4.69, 9.17) is 9.47 Å². The van der Waals surface area contributed by atoms with Crippen LogP contribution in [0, 0.1) is 0 Å². The van der Waals surface area contributed by atoms with Crippen molar-refractivity contribution in [2.24, 2.45) is 0 Å². The second-order valence-corrected chi connectivity index (χ2v) is 9.51. The molecule has 0 radical (unpaired) electrons. The van der Waals surface area contributed by atoms with E-state index in [9.17, 15) is 9.59 Å². The monoisotopic (exact) mass is 498 g/mol. The molecular weight excluding hydrogens is 472 g/mol. The summed E-state index contributed by atoms with van der Waals surface area (Å²) in [5.74, 6) is 0.502. The van der Waals surface area contributed by atoms with Gasteiger partial charge in [0, 0.05) is 23.6 Å². The highest BCUT2D eigenvalue weighted by Gasteiger charge is 2.12. The van der Waals surface area contributed by atoms with Crippen LogP contribution in [0.5, 0.6) is 11.5 Å². The summed E-state index contributed by atoms with van der Waals surface area (Å²) in [6.45, 7) is 0. The van der Waals surface area contributed by atoms with Crippen molar-refractivity contribution in [3.8, 4) is 11.5 Å². The zero-order chi connectivity index (χ0) is 25.9. The smallest absolute Gasteiger partial charge is 0.311 e. The number of fused-ring (bicyclic) bond motifs is 4. The molecule has 0 amide bonds. The van der Waals surface area contributed by atoms with Gasteiger partial charge in [-0.25, -0.2) is 0 Å². The Morgan fingerprint density at radius 2 is 0.816 bits per heavy atom. The molecule has 0 aliphatic rings. The normalized spacial score (nSPS) is 11.3. The molecule has 0 spiro atoms. The number of carbonyl (C=O) groups is 2. The van der Waals surface area contributed by atoms with Gasteiger partial charge in [0.05, 0.1) is 0 Å². The molecule has 4 heteroatoms. The highest BCUT2D eigenvalue weighted by molar-refractivity contribution is 6.02. The van der Waals surface area contributed by atoms with Gasteiger partial charge in [-0.3, -0.25) is 9.59 Å². The van der Waals surface area contributed by atoms with Gasteiger partial charge >= 0.3 is 11.9 Å². The molecule has 0 aliphatic carbocycles. The molecule has 0 fully saturated rings. The minimum Gasteiger partial charge on any atom is -0.426 e. The zero-order valence-corrected chi connectivity index (χ0v) is 20.9. The molecule has 0 aliphatic heterocycles. The van der Waals surface area contributed by atoms with E-state index in [0.717, 1.165) is 43.1 Å². The van der Waals surface area contributed by atoms with Crippen LogP contribution in [0.15, 0.2) is 109 Å². The van der Waals surface area contributed by atoms with Gasteiger partial charge in [0.15, 0.2) is 0 Å². The standard InChI is InChI=1S/C34H26O4/c35-33(37-31-15-7-13-27-19-23-9-1-3-11-25(23)21-29(27)31)17-5-6-18-34(36)38-32-16-8-14-28-20-24-10-2-4-12-26(24)22-30(28)32/h1-4,7-16,19-22H,5-6,17-18H2. The van der Waals surface area contributed by atoms with Crippen molar-refractivity contribution >= 4 is 55.0 Å². The number of esters is 2. The van der Waals surface area contributed by atoms with Gasteiger partial charge in [0.2, 0.25) is 0 Å². The predicted molar refractivity (Wildman–Crippen MR) is 153 cm³/mol. The third-order valence-corrected chi connectivity index (χ3v) is 6.87. The average molecular weight is 499 g/mol. The lowest BCUT2D eigenvalue weighted by Crippen LogP contribution is -2.10. The van der Waals surface area contributed by atoms with Crippen LogP contribution in [0.1, 0.15) is 25.7 Å². The van der Waals surface area contributed by atoms with Crippen molar-refractivity contribution < 1.29 is 19.1 Å². The summed E-state index contributed by atoms with van der Waals surface area (Å²) in [4.78, 5) is 25.1. The van der Waals surface area contributed by atoms with E-state index in [0.29, 0.717) is 24.3 Å². The van der Waals surface area contributed by atoms with Crippen molar-refractivity contribution in [2.45, 2.75) is 25.7 Å². The Morgan fingerprint density at radius 1 is 0.447 bits per heavy atom. The summed E-state index contributed by atoms with van der Waals surface area (Å²) in [5.41, 5.74) is 0. The maximum Gasteiger partial charge on any atom is 0.311 e. The lowest BCUT2D eigenvalue weighted by Gasteiger charge is -2.10. The molecule has 6 rings (SSSR count). The largest absolute Gasteiger partial charge is 0.426 e. The lowest BCUT2D eigenvalue weighted by atomic mass is 10.0. The van der Waals surface area contributed by atoms with E-state index in [1.54, 1.807) is 0 Å². The third-order valence-electron chi connectivity index (χ3n) is 6.87.